The minimum absolute atomic E-state index is 0.0292. The van der Waals surface area contributed by atoms with Gasteiger partial charge in [-0.1, -0.05) is 12.8 Å². The van der Waals surface area contributed by atoms with Gasteiger partial charge in [-0.25, -0.2) is 4.79 Å². The van der Waals surface area contributed by atoms with Crippen LogP contribution in [0.15, 0.2) is 6.07 Å². The maximum Gasteiger partial charge on any atom is 0.406 e. The van der Waals surface area contributed by atoms with Crippen LogP contribution in [0.3, 0.4) is 0 Å². The molecule has 3 atom stereocenters. The van der Waals surface area contributed by atoms with Crippen LogP contribution in [-0.4, -0.2) is 51.9 Å². The Morgan fingerprint density at radius 2 is 1.68 bits per heavy atom. The van der Waals surface area contributed by atoms with Gasteiger partial charge < -0.3 is 9.30 Å². The van der Waals surface area contributed by atoms with E-state index in [2.05, 4.69) is 0 Å². The second-order valence-electron chi connectivity index (χ2n) is 8.24. The van der Waals surface area contributed by atoms with Crippen molar-refractivity contribution in [2.75, 3.05) is 6.61 Å². The van der Waals surface area contributed by atoms with E-state index in [1.54, 1.807) is 0 Å². The van der Waals surface area contributed by atoms with Crippen molar-refractivity contribution in [3.8, 4) is 0 Å². The fraction of sp³-hybridized carbons (Fsp3) is 0.619. The highest BCUT2D eigenvalue weighted by molar-refractivity contribution is 6.08. The number of carbonyl (C=O) groups excluding carboxylic acids is 4. The number of imide groups is 1. The van der Waals surface area contributed by atoms with Crippen LogP contribution in [0.2, 0.25) is 0 Å². The minimum Gasteiger partial charge on any atom is -0.456 e. The number of hydrogen-bond donors (Lipinski definition) is 0. The number of nitrogens with zero attached hydrogens (tertiary/aromatic N) is 2. The molecule has 10 heteroatoms. The maximum atomic E-state index is 12.7. The molecule has 1 saturated heterocycles. The number of Topliss-reactive ketones (excluding diaryl/α,β-unsaturated/α-hetero) is 1. The number of aromatic nitrogens is 1. The topological polar surface area (TPSA) is 85.7 Å². The highest BCUT2D eigenvalue weighted by atomic mass is 19.4. The molecule has 2 amide bonds. The van der Waals surface area contributed by atoms with Crippen molar-refractivity contribution in [2.45, 2.75) is 65.2 Å². The van der Waals surface area contributed by atoms with Gasteiger partial charge >= 0.3 is 12.1 Å². The molecule has 1 saturated carbocycles. The minimum atomic E-state index is -4.44. The van der Waals surface area contributed by atoms with Crippen LogP contribution >= 0.6 is 0 Å². The Bertz CT molecular complexity index is 897. The number of likely N-dealkylation sites (tertiary alicyclic amines) is 1. The molecule has 2 aliphatic rings. The molecule has 170 valence electrons. The highest BCUT2D eigenvalue weighted by Crippen LogP contribution is 2.39. The van der Waals surface area contributed by atoms with Crippen LogP contribution in [0.5, 0.6) is 0 Å². The molecule has 7 nitrogen and oxygen atoms in total. The second kappa shape index (κ2) is 8.47. The van der Waals surface area contributed by atoms with Crippen molar-refractivity contribution in [1.82, 2.24) is 9.47 Å². The van der Waals surface area contributed by atoms with E-state index in [1.807, 2.05) is 0 Å². The number of amides is 2. The predicted molar refractivity (Wildman–Crippen MR) is 102 cm³/mol. The zero-order valence-electron chi connectivity index (χ0n) is 17.6. The smallest absolute Gasteiger partial charge is 0.406 e. The summed E-state index contributed by atoms with van der Waals surface area (Å²) in [4.78, 5) is 51.0. The lowest BCUT2D eigenvalue weighted by Crippen LogP contribution is -2.44. The van der Waals surface area contributed by atoms with Gasteiger partial charge in [0.15, 0.2) is 6.61 Å². The Morgan fingerprint density at radius 1 is 1.13 bits per heavy atom. The van der Waals surface area contributed by atoms with E-state index in [1.165, 1.54) is 26.8 Å². The number of carbonyl (C=O) groups is 4. The van der Waals surface area contributed by atoms with Gasteiger partial charge in [0, 0.05) is 17.0 Å². The Balaban J connectivity index is 1.64. The van der Waals surface area contributed by atoms with E-state index in [0.29, 0.717) is 12.8 Å². The molecule has 0 radical (unpaired) electrons. The first-order valence-electron chi connectivity index (χ1n) is 10.2. The number of ketones is 1. The van der Waals surface area contributed by atoms with E-state index >= 15 is 0 Å². The molecule has 2 heterocycles. The third-order valence-electron chi connectivity index (χ3n) is 6.16. The van der Waals surface area contributed by atoms with Crippen LogP contribution in [-0.2, 0) is 25.7 Å². The summed E-state index contributed by atoms with van der Waals surface area (Å²) in [6.07, 6.45) is -1.51. The quantitative estimate of drug-likeness (QED) is 0.384. The molecule has 1 aromatic heterocycles. The molecule has 3 rings (SSSR count). The molecular formula is C21H25F3N2O5. The average molecular weight is 442 g/mol. The molecule has 2 fully saturated rings. The number of aryl methyl sites for hydroxylation is 1. The van der Waals surface area contributed by atoms with E-state index in [4.69, 9.17) is 4.74 Å². The lowest BCUT2D eigenvalue weighted by molar-refractivity contribution is -0.157. The van der Waals surface area contributed by atoms with E-state index in [9.17, 15) is 32.3 Å². The average Bonchev–Trinajstić information content (AvgIpc) is 3.12. The normalized spacial score (nSPS) is 22.5. The van der Waals surface area contributed by atoms with Crippen molar-refractivity contribution >= 4 is 23.6 Å². The number of alkyl halides is 3. The van der Waals surface area contributed by atoms with Crippen LogP contribution in [0.1, 0.15) is 54.4 Å². The third kappa shape index (κ3) is 4.52. The van der Waals surface area contributed by atoms with E-state index in [-0.39, 0.29) is 28.8 Å². The molecule has 0 bridgehead atoms. The van der Waals surface area contributed by atoms with E-state index in [0.717, 1.165) is 22.3 Å². The molecule has 1 aliphatic heterocycles. The molecule has 0 unspecified atom stereocenters. The van der Waals surface area contributed by atoms with Crippen LogP contribution in [0.25, 0.3) is 0 Å². The van der Waals surface area contributed by atoms with Crippen molar-refractivity contribution < 1.29 is 37.1 Å². The van der Waals surface area contributed by atoms with Gasteiger partial charge in [-0.15, -0.1) is 0 Å². The number of halogens is 3. The SMILES string of the molecule is Cc1cc(C(=O)COC(=O)[C@H](C)N2C(=O)[C@@H]3CCCC[C@H]3C2=O)c(C)n1CC(F)(F)F. The monoisotopic (exact) mass is 442 g/mol. The molecule has 1 aliphatic carbocycles. The maximum absolute atomic E-state index is 12.7. The first-order valence-corrected chi connectivity index (χ1v) is 10.2. The van der Waals surface area contributed by atoms with Crippen molar-refractivity contribution in [1.29, 1.82) is 0 Å². The van der Waals surface area contributed by atoms with Gasteiger partial charge in [-0.05, 0) is 39.7 Å². The van der Waals surface area contributed by atoms with Gasteiger partial charge in [0.25, 0.3) is 0 Å². The van der Waals surface area contributed by atoms with Gasteiger partial charge in [-0.2, -0.15) is 13.2 Å². The Morgan fingerprint density at radius 3 is 2.19 bits per heavy atom. The fourth-order valence-corrected chi connectivity index (χ4v) is 4.52. The summed E-state index contributed by atoms with van der Waals surface area (Å²) in [5.41, 5.74) is 0.410. The lowest BCUT2D eigenvalue weighted by atomic mass is 9.81. The molecule has 31 heavy (non-hydrogen) atoms. The number of esters is 1. The summed E-state index contributed by atoms with van der Waals surface area (Å²) in [5.74, 6) is -3.15. The summed E-state index contributed by atoms with van der Waals surface area (Å²) < 4.78 is 44.2. The highest BCUT2D eigenvalue weighted by Gasteiger charge is 2.51. The molecule has 1 aromatic rings. The van der Waals surface area contributed by atoms with Crippen LogP contribution in [0.4, 0.5) is 13.2 Å². The summed E-state index contributed by atoms with van der Waals surface area (Å²) in [7, 11) is 0. The lowest BCUT2D eigenvalue weighted by Gasteiger charge is -2.21. The molecule has 0 spiro atoms. The van der Waals surface area contributed by atoms with Crippen molar-refractivity contribution in [3.63, 3.8) is 0 Å². The van der Waals surface area contributed by atoms with Gasteiger partial charge in [0.05, 0.1) is 11.8 Å². The van der Waals surface area contributed by atoms with Gasteiger partial charge in [0.1, 0.15) is 12.6 Å². The van der Waals surface area contributed by atoms with Crippen LogP contribution < -0.4 is 0 Å². The summed E-state index contributed by atoms with van der Waals surface area (Å²) in [5, 5.41) is 0. The number of rotatable bonds is 6. The van der Waals surface area contributed by atoms with E-state index < -0.39 is 49.0 Å². The zero-order chi connectivity index (χ0) is 23.1. The largest absolute Gasteiger partial charge is 0.456 e. The molecule has 0 N–H and O–H groups in total. The first kappa shape index (κ1) is 23.0. The third-order valence-corrected chi connectivity index (χ3v) is 6.16. The summed E-state index contributed by atoms with van der Waals surface area (Å²) >= 11 is 0. The van der Waals surface area contributed by atoms with Crippen LogP contribution in [0, 0.1) is 25.7 Å². The number of ether oxygens (including phenoxy) is 1. The summed E-state index contributed by atoms with van der Waals surface area (Å²) in [6, 6.07) is 0.148. The Kier molecular flexibility index (Phi) is 6.29. The second-order valence-corrected chi connectivity index (χ2v) is 8.24. The standard InChI is InChI=1S/C21H25F3N2O5/c1-11-8-16(12(2)25(11)10-21(22,23)24)17(27)9-31-20(30)13(3)26-18(28)14-6-4-5-7-15(14)19(26)29/h8,13-15H,4-7,9-10H2,1-3H3/t13-,14+,15+/m0/s1. The number of fused-ring (bicyclic) bond motifs is 1. The van der Waals surface area contributed by atoms with Gasteiger partial charge in [-0.3, -0.25) is 19.3 Å². The Hall–Kier alpha value is -2.65. The van der Waals surface area contributed by atoms with Gasteiger partial charge in [0.2, 0.25) is 17.6 Å². The summed E-state index contributed by atoms with van der Waals surface area (Å²) in [6.45, 7) is 2.29. The van der Waals surface area contributed by atoms with Crippen molar-refractivity contribution in [2.24, 2.45) is 11.8 Å². The number of hydrogen-bond acceptors (Lipinski definition) is 5. The van der Waals surface area contributed by atoms with Crippen molar-refractivity contribution in [3.05, 3.63) is 23.0 Å². The molecule has 0 aromatic carbocycles. The molecular weight excluding hydrogens is 417 g/mol. The zero-order valence-corrected chi connectivity index (χ0v) is 17.6. The first-order chi connectivity index (χ1) is 14.4. The fourth-order valence-electron chi connectivity index (χ4n) is 4.52. The Labute approximate surface area is 177 Å². The predicted octanol–water partition coefficient (Wildman–Crippen LogP) is 2.96.